The molecular weight excluding hydrogens is 550 g/mol. The summed E-state index contributed by atoms with van der Waals surface area (Å²) in [7, 11) is 3.26. The first-order valence-corrected chi connectivity index (χ1v) is 14.2. The number of aliphatic hydroxyl groups is 1. The van der Waals surface area contributed by atoms with Crippen LogP contribution in [0.3, 0.4) is 0 Å². The molecule has 4 N–H and O–H groups in total. The maximum Gasteiger partial charge on any atom is 0.323 e. The highest BCUT2D eigenvalue weighted by atomic mass is 16.5. The van der Waals surface area contributed by atoms with Gasteiger partial charge < -0.3 is 40.3 Å². The Morgan fingerprint density at radius 3 is 2.35 bits per heavy atom. The Morgan fingerprint density at radius 1 is 1.02 bits per heavy atom. The first kappa shape index (κ1) is 31.2. The number of nitrogens with zero attached hydrogens (tertiary/aromatic N) is 2. The summed E-state index contributed by atoms with van der Waals surface area (Å²) in [6.45, 7) is 4.12. The molecule has 5 amide bonds. The van der Waals surface area contributed by atoms with Crippen LogP contribution < -0.4 is 25.4 Å². The zero-order valence-electron chi connectivity index (χ0n) is 24.9. The van der Waals surface area contributed by atoms with Crippen LogP contribution in [-0.4, -0.2) is 78.9 Å². The third-order valence-corrected chi connectivity index (χ3v) is 7.35. The summed E-state index contributed by atoms with van der Waals surface area (Å²) in [4.78, 5) is 42.3. The van der Waals surface area contributed by atoms with Gasteiger partial charge in [0.05, 0.1) is 32.7 Å². The van der Waals surface area contributed by atoms with Crippen LogP contribution in [0.25, 0.3) is 0 Å². The van der Waals surface area contributed by atoms with Crippen molar-refractivity contribution in [3.05, 3.63) is 78.4 Å². The van der Waals surface area contributed by atoms with Gasteiger partial charge in [-0.15, -0.1) is 0 Å². The zero-order chi connectivity index (χ0) is 30.9. The van der Waals surface area contributed by atoms with E-state index in [4.69, 9.17) is 9.47 Å². The molecule has 0 radical (unpaired) electrons. The Hall–Kier alpha value is -4.77. The van der Waals surface area contributed by atoms with E-state index in [1.165, 1.54) is 4.90 Å². The molecule has 4 rings (SSSR count). The lowest BCUT2D eigenvalue weighted by molar-refractivity contribution is -0.134. The zero-order valence-corrected chi connectivity index (χ0v) is 24.9. The number of hydrogen-bond acceptors (Lipinski definition) is 6. The molecule has 0 aromatic heterocycles. The second-order valence-corrected chi connectivity index (χ2v) is 10.7. The lowest BCUT2D eigenvalue weighted by Crippen LogP contribution is -2.48. The molecule has 1 aliphatic heterocycles. The van der Waals surface area contributed by atoms with Gasteiger partial charge in [0, 0.05) is 42.1 Å². The number of aliphatic hydroxyl groups excluding tert-OH is 1. The summed E-state index contributed by atoms with van der Waals surface area (Å²) >= 11 is 0. The standard InChI is InChI=1S/C32H39N5O6/c1-21-18-37(22(2)20-38)30(39)17-23-16-26(34-31(40)33-24-8-6-5-7-9-24)12-15-28(23)43-29(21)19-36(3)32(41)35-25-10-13-27(42-4)14-11-25/h5-16,21-22,29,38H,17-20H2,1-4H3,(H,35,41)(H2,33,34,40)/t21-,22+,29-/m1/s1. The SMILES string of the molecule is COc1ccc(NC(=O)N(C)C[C@H]2Oc3ccc(NC(=O)Nc4ccccc4)cc3CC(=O)N([C@@H](C)CO)C[C@H]2C)cc1. The molecule has 43 heavy (non-hydrogen) atoms. The minimum Gasteiger partial charge on any atom is -0.497 e. The number of anilines is 3. The Balaban J connectivity index is 1.54. The van der Waals surface area contributed by atoms with Gasteiger partial charge >= 0.3 is 12.1 Å². The van der Waals surface area contributed by atoms with Gasteiger partial charge in [0.1, 0.15) is 17.6 Å². The van der Waals surface area contributed by atoms with E-state index >= 15 is 0 Å². The first-order valence-electron chi connectivity index (χ1n) is 14.2. The highest BCUT2D eigenvalue weighted by Crippen LogP contribution is 2.29. The van der Waals surface area contributed by atoms with Crippen molar-refractivity contribution in [1.82, 2.24) is 9.80 Å². The maximum absolute atomic E-state index is 13.5. The molecule has 11 nitrogen and oxygen atoms in total. The van der Waals surface area contributed by atoms with Crippen LogP contribution in [0.2, 0.25) is 0 Å². The van der Waals surface area contributed by atoms with Crippen molar-refractivity contribution >= 4 is 35.0 Å². The van der Waals surface area contributed by atoms with Crippen LogP contribution in [-0.2, 0) is 11.2 Å². The minimum atomic E-state index is -0.482. The summed E-state index contributed by atoms with van der Waals surface area (Å²) in [5.74, 6) is 0.816. The molecule has 0 saturated heterocycles. The predicted octanol–water partition coefficient (Wildman–Crippen LogP) is 4.65. The molecule has 1 aliphatic rings. The average molecular weight is 590 g/mol. The number of para-hydroxylation sites is 1. The molecule has 0 aliphatic carbocycles. The van der Waals surface area contributed by atoms with Gasteiger partial charge in [0.25, 0.3) is 0 Å². The van der Waals surface area contributed by atoms with Crippen LogP contribution in [0.4, 0.5) is 26.7 Å². The third kappa shape index (κ3) is 8.39. The highest BCUT2D eigenvalue weighted by molar-refractivity contribution is 6.00. The van der Waals surface area contributed by atoms with Crippen LogP contribution in [0, 0.1) is 5.92 Å². The summed E-state index contributed by atoms with van der Waals surface area (Å²) < 4.78 is 11.7. The number of fused-ring (bicyclic) bond motifs is 1. The van der Waals surface area contributed by atoms with Crippen LogP contribution in [0.15, 0.2) is 72.8 Å². The third-order valence-electron chi connectivity index (χ3n) is 7.35. The Bertz CT molecular complexity index is 1400. The van der Waals surface area contributed by atoms with E-state index in [-0.39, 0.29) is 37.4 Å². The van der Waals surface area contributed by atoms with Gasteiger partial charge in [-0.25, -0.2) is 9.59 Å². The van der Waals surface area contributed by atoms with Crippen molar-refractivity contribution < 1.29 is 29.0 Å². The van der Waals surface area contributed by atoms with Crippen LogP contribution in [0.1, 0.15) is 19.4 Å². The monoisotopic (exact) mass is 589 g/mol. The van der Waals surface area contributed by atoms with Gasteiger partial charge in [-0.05, 0) is 61.5 Å². The van der Waals surface area contributed by atoms with Crippen molar-refractivity contribution in [3.8, 4) is 11.5 Å². The van der Waals surface area contributed by atoms with E-state index in [9.17, 15) is 19.5 Å². The lowest BCUT2D eigenvalue weighted by atomic mass is 10.0. The Morgan fingerprint density at radius 2 is 1.67 bits per heavy atom. The number of methoxy groups -OCH3 is 1. The second-order valence-electron chi connectivity index (χ2n) is 10.7. The number of likely N-dealkylation sites (N-methyl/N-ethyl adjacent to an activating group) is 1. The Kier molecular flexibility index (Phi) is 10.4. The fraction of sp³-hybridized carbons (Fsp3) is 0.344. The van der Waals surface area contributed by atoms with Crippen molar-refractivity contribution in [2.24, 2.45) is 5.92 Å². The van der Waals surface area contributed by atoms with Gasteiger partial charge in [0.15, 0.2) is 0 Å². The summed E-state index contributed by atoms with van der Waals surface area (Å²) in [5.41, 5.74) is 2.34. The molecule has 3 aromatic rings. The quantitative estimate of drug-likeness (QED) is 0.302. The maximum atomic E-state index is 13.5. The van der Waals surface area contributed by atoms with Crippen molar-refractivity contribution in [2.45, 2.75) is 32.4 Å². The van der Waals surface area contributed by atoms with Gasteiger partial charge in [-0.1, -0.05) is 25.1 Å². The molecule has 0 bridgehead atoms. The number of carbonyl (C=O) groups excluding carboxylic acids is 3. The summed E-state index contributed by atoms with van der Waals surface area (Å²) in [5, 5.41) is 18.4. The first-order chi connectivity index (χ1) is 20.7. The minimum absolute atomic E-state index is 0.0166. The number of rotatable bonds is 8. The number of amides is 5. The fourth-order valence-electron chi connectivity index (χ4n) is 4.79. The van der Waals surface area contributed by atoms with Crippen molar-refractivity contribution in [1.29, 1.82) is 0 Å². The van der Waals surface area contributed by atoms with Gasteiger partial charge in [-0.3, -0.25) is 4.79 Å². The van der Waals surface area contributed by atoms with E-state index in [0.717, 1.165) is 0 Å². The van der Waals surface area contributed by atoms with Gasteiger partial charge in [0.2, 0.25) is 5.91 Å². The normalized spacial score (nSPS) is 17.2. The van der Waals surface area contributed by atoms with E-state index < -0.39 is 18.2 Å². The molecule has 3 atom stereocenters. The van der Waals surface area contributed by atoms with E-state index in [0.29, 0.717) is 40.7 Å². The summed E-state index contributed by atoms with van der Waals surface area (Å²) in [6.07, 6.45) is -0.465. The van der Waals surface area contributed by atoms with Crippen molar-refractivity contribution in [2.75, 3.05) is 49.8 Å². The van der Waals surface area contributed by atoms with E-state index in [1.54, 1.807) is 80.6 Å². The molecule has 1 heterocycles. The van der Waals surface area contributed by atoms with Crippen LogP contribution >= 0.6 is 0 Å². The van der Waals surface area contributed by atoms with E-state index in [1.807, 2.05) is 25.1 Å². The number of carbonyl (C=O) groups is 3. The number of urea groups is 2. The molecular formula is C32H39N5O6. The predicted molar refractivity (Wildman–Crippen MR) is 166 cm³/mol. The fourth-order valence-corrected chi connectivity index (χ4v) is 4.79. The molecule has 11 heteroatoms. The largest absolute Gasteiger partial charge is 0.497 e. The molecule has 3 aromatic carbocycles. The molecule has 0 fully saturated rings. The number of nitrogens with one attached hydrogen (secondary N) is 3. The van der Waals surface area contributed by atoms with E-state index in [2.05, 4.69) is 16.0 Å². The van der Waals surface area contributed by atoms with Crippen molar-refractivity contribution in [3.63, 3.8) is 0 Å². The second kappa shape index (κ2) is 14.4. The topological polar surface area (TPSA) is 132 Å². The molecule has 0 unspecified atom stereocenters. The molecule has 0 spiro atoms. The number of ether oxygens (including phenoxy) is 2. The van der Waals surface area contributed by atoms with Crippen LogP contribution in [0.5, 0.6) is 11.5 Å². The van der Waals surface area contributed by atoms with Gasteiger partial charge in [-0.2, -0.15) is 0 Å². The molecule has 228 valence electrons. The lowest BCUT2D eigenvalue weighted by Gasteiger charge is -2.34. The average Bonchev–Trinajstić information content (AvgIpc) is 3.04. The highest BCUT2D eigenvalue weighted by Gasteiger charge is 2.32. The molecule has 0 saturated carbocycles. The summed E-state index contributed by atoms with van der Waals surface area (Å²) in [6, 6.07) is 20.1. The number of hydrogen-bond donors (Lipinski definition) is 4. The Labute approximate surface area is 251 Å². The number of benzene rings is 3. The smallest absolute Gasteiger partial charge is 0.323 e.